The highest BCUT2D eigenvalue weighted by Gasteiger charge is 2.42. The molecule has 0 amide bonds. The van der Waals surface area contributed by atoms with Gasteiger partial charge in [0.25, 0.3) is 5.56 Å². The summed E-state index contributed by atoms with van der Waals surface area (Å²) in [6.07, 6.45) is 0. The number of hydrogen-bond acceptors (Lipinski definition) is 2. The van der Waals surface area contributed by atoms with Gasteiger partial charge in [0.05, 0.1) is 16.9 Å². The number of benzene rings is 4. The van der Waals surface area contributed by atoms with Gasteiger partial charge < -0.3 is 4.57 Å². The monoisotopic (exact) mass is 498 g/mol. The van der Waals surface area contributed by atoms with E-state index in [1.54, 1.807) is 6.07 Å². The van der Waals surface area contributed by atoms with Gasteiger partial charge in [-0.25, -0.2) is 4.68 Å². The summed E-state index contributed by atoms with van der Waals surface area (Å²) in [5.74, 6) is 0. The third-order valence-electron chi connectivity index (χ3n) is 6.21. The molecule has 5 aromatic rings. The van der Waals surface area contributed by atoms with Gasteiger partial charge in [-0.15, -0.1) is 0 Å². The average Bonchev–Trinajstić information content (AvgIpc) is 3.19. The van der Waals surface area contributed by atoms with Gasteiger partial charge in [0, 0.05) is 21.3 Å². The average molecular weight is 499 g/mol. The summed E-state index contributed by atoms with van der Waals surface area (Å²) < 4.78 is 17.0. The summed E-state index contributed by atoms with van der Waals surface area (Å²) in [6, 6.07) is 35.6. The largest absolute Gasteiger partial charge is 0.313 e. The molecule has 6 heteroatoms. The van der Waals surface area contributed by atoms with Crippen LogP contribution in [0.4, 0.5) is 0 Å². The molecule has 0 spiro atoms. The van der Waals surface area contributed by atoms with E-state index in [4.69, 9.17) is 11.6 Å². The lowest BCUT2D eigenvalue weighted by Gasteiger charge is -2.29. The lowest BCUT2D eigenvalue weighted by atomic mass is 10.1. The summed E-state index contributed by atoms with van der Waals surface area (Å²) in [6.45, 7) is 1.86. The number of halogens is 1. The predicted molar refractivity (Wildman–Crippen MR) is 144 cm³/mol. The van der Waals surface area contributed by atoms with Crippen molar-refractivity contribution in [1.29, 1.82) is 0 Å². The van der Waals surface area contributed by atoms with Crippen LogP contribution in [-0.2, 0) is 4.57 Å². The summed E-state index contributed by atoms with van der Waals surface area (Å²) >= 11 is 6.42. The molecule has 0 aliphatic rings. The zero-order chi connectivity index (χ0) is 24.4. The summed E-state index contributed by atoms with van der Waals surface area (Å²) in [5, 5.41) is 5.11. The highest BCUT2D eigenvalue weighted by atomic mass is 35.5. The summed E-state index contributed by atoms with van der Waals surface area (Å²) in [4.78, 5) is 14.0. The van der Waals surface area contributed by atoms with Crippen LogP contribution in [0.5, 0.6) is 0 Å². The van der Waals surface area contributed by atoms with Gasteiger partial charge in [-0.05, 0) is 36.8 Å². The van der Waals surface area contributed by atoms with Crippen LogP contribution in [0.2, 0.25) is 5.02 Å². The Morgan fingerprint density at radius 1 is 0.771 bits per heavy atom. The SMILES string of the molecule is Cc1[nH]n(-c2ccccc2)c(=O)c1C(c1cccc(Cl)c1)P(=O)(c1ccccc1)c1ccccc1. The van der Waals surface area contributed by atoms with E-state index in [-0.39, 0.29) is 5.56 Å². The van der Waals surface area contributed by atoms with Crippen LogP contribution < -0.4 is 16.2 Å². The second kappa shape index (κ2) is 9.58. The Kier molecular flexibility index (Phi) is 6.34. The molecule has 0 fully saturated rings. The fourth-order valence-corrected chi connectivity index (χ4v) is 8.19. The van der Waals surface area contributed by atoms with Crippen molar-refractivity contribution in [2.45, 2.75) is 12.6 Å². The smallest absolute Gasteiger partial charge is 0.275 e. The van der Waals surface area contributed by atoms with E-state index in [0.717, 1.165) is 5.56 Å². The highest BCUT2D eigenvalue weighted by molar-refractivity contribution is 7.79. The first-order chi connectivity index (χ1) is 17.0. The minimum atomic E-state index is -3.42. The zero-order valence-electron chi connectivity index (χ0n) is 19.1. The molecule has 0 aliphatic heterocycles. The predicted octanol–water partition coefficient (Wildman–Crippen LogP) is 6.23. The molecular formula is C29H24ClN2O2P. The first kappa shape index (κ1) is 23.2. The minimum Gasteiger partial charge on any atom is -0.313 e. The molecule has 0 radical (unpaired) electrons. The van der Waals surface area contributed by atoms with Crippen molar-refractivity contribution in [2.24, 2.45) is 0 Å². The number of hydrogen-bond donors (Lipinski definition) is 1. The molecule has 4 nitrogen and oxygen atoms in total. The third kappa shape index (κ3) is 4.20. The molecule has 0 saturated heterocycles. The van der Waals surface area contributed by atoms with Crippen molar-refractivity contribution >= 4 is 29.4 Å². The first-order valence-electron chi connectivity index (χ1n) is 11.3. The van der Waals surface area contributed by atoms with Gasteiger partial charge in [0.1, 0.15) is 0 Å². The number of aromatic nitrogens is 2. The molecule has 0 aliphatic carbocycles. The van der Waals surface area contributed by atoms with E-state index >= 15 is 4.57 Å². The number of aromatic amines is 1. The summed E-state index contributed by atoms with van der Waals surface area (Å²) in [7, 11) is -3.42. The number of para-hydroxylation sites is 1. The van der Waals surface area contributed by atoms with Crippen molar-refractivity contribution in [3.8, 4) is 5.69 Å². The molecule has 0 saturated carbocycles. The van der Waals surface area contributed by atoms with Crippen LogP contribution in [0.3, 0.4) is 0 Å². The second-order valence-corrected chi connectivity index (χ2v) is 11.7. The molecule has 4 aromatic carbocycles. The Hall–Kier alpha value is -3.59. The zero-order valence-corrected chi connectivity index (χ0v) is 20.8. The first-order valence-corrected chi connectivity index (χ1v) is 13.5. The number of H-pyrrole nitrogens is 1. The molecule has 174 valence electrons. The van der Waals surface area contributed by atoms with Gasteiger partial charge in [-0.1, -0.05) is 103 Å². The Morgan fingerprint density at radius 3 is 1.86 bits per heavy atom. The van der Waals surface area contributed by atoms with Gasteiger partial charge in [0.2, 0.25) is 0 Å². The Balaban J connectivity index is 1.86. The topological polar surface area (TPSA) is 54.9 Å². The normalized spacial score (nSPS) is 12.4. The standard InChI is InChI=1S/C29H24ClN2O2P/c1-21-27(29(33)32(31-21)24-14-5-2-6-15-24)28(22-12-11-13-23(30)20-22)35(34,25-16-7-3-8-17-25)26-18-9-4-10-19-26/h2-20,28,31H,1H3. The van der Waals surface area contributed by atoms with Crippen molar-refractivity contribution in [1.82, 2.24) is 9.78 Å². The van der Waals surface area contributed by atoms with E-state index in [0.29, 0.717) is 32.6 Å². The number of rotatable bonds is 6. The van der Waals surface area contributed by atoms with E-state index in [1.807, 2.05) is 116 Å². The highest BCUT2D eigenvalue weighted by Crippen LogP contribution is 2.60. The fourth-order valence-electron chi connectivity index (χ4n) is 4.62. The van der Waals surface area contributed by atoms with E-state index < -0.39 is 12.8 Å². The molecule has 35 heavy (non-hydrogen) atoms. The number of nitrogens with zero attached hydrogens (tertiary/aromatic N) is 1. The molecule has 5 rings (SSSR count). The Bertz CT molecular complexity index is 1520. The maximum Gasteiger partial charge on any atom is 0.275 e. The van der Waals surface area contributed by atoms with Crippen LogP contribution in [0, 0.1) is 6.92 Å². The van der Waals surface area contributed by atoms with Gasteiger partial charge >= 0.3 is 0 Å². The molecule has 1 N–H and O–H groups in total. The van der Waals surface area contributed by atoms with E-state index in [1.165, 1.54) is 4.68 Å². The molecule has 0 bridgehead atoms. The molecule has 1 unspecified atom stereocenters. The third-order valence-corrected chi connectivity index (χ3v) is 9.86. The van der Waals surface area contributed by atoms with Gasteiger partial charge in [-0.3, -0.25) is 9.89 Å². The molecule has 1 aromatic heterocycles. The van der Waals surface area contributed by atoms with Gasteiger partial charge in [-0.2, -0.15) is 0 Å². The number of nitrogens with one attached hydrogen (secondary N) is 1. The maximum atomic E-state index is 15.5. The molecule has 1 atom stereocenters. The maximum absolute atomic E-state index is 15.5. The lowest BCUT2D eigenvalue weighted by Crippen LogP contribution is -2.27. The van der Waals surface area contributed by atoms with Crippen molar-refractivity contribution in [3.63, 3.8) is 0 Å². The van der Waals surface area contributed by atoms with Crippen LogP contribution in [0.15, 0.2) is 120 Å². The van der Waals surface area contributed by atoms with Crippen LogP contribution >= 0.6 is 18.7 Å². The lowest BCUT2D eigenvalue weighted by molar-refractivity contribution is 0.582. The Labute approximate surface area is 209 Å². The van der Waals surface area contributed by atoms with E-state index in [9.17, 15) is 4.79 Å². The van der Waals surface area contributed by atoms with Crippen molar-refractivity contribution < 1.29 is 4.57 Å². The quantitative estimate of drug-likeness (QED) is 0.282. The minimum absolute atomic E-state index is 0.231. The van der Waals surface area contributed by atoms with Crippen molar-refractivity contribution in [3.05, 3.63) is 147 Å². The fraction of sp³-hybridized carbons (Fsp3) is 0.0690. The number of aryl methyl sites for hydroxylation is 1. The van der Waals surface area contributed by atoms with Crippen LogP contribution in [0.1, 0.15) is 22.5 Å². The second-order valence-electron chi connectivity index (χ2n) is 8.41. The van der Waals surface area contributed by atoms with E-state index in [2.05, 4.69) is 5.10 Å². The molecular weight excluding hydrogens is 475 g/mol. The van der Waals surface area contributed by atoms with Crippen LogP contribution in [-0.4, -0.2) is 9.78 Å². The summed E-state index contributed by atoms with van der Waals surface area (Å²) in [5.41, 5.74) is 1.60. The van der Waals surface area contributed by atoms with Crippen LogP contribution in [0.25, 0.3) is 5.69 Å². The van der Waals surface area contributed by atoms with Gasteiger partial charge in [0.15, 0.2) is 7.14 Å². The molecule has 1 heterocycles. The van der Waals surface area contributed by atoms with Crippen molar-refractivity contribution in [2.75, 3.05) is 0 Å². The Morgan fingerprint density at radius 2 is 1.31 bits per heavy atom.